The summed E-state index contributed by atoms with van der Waals surface area (Å²) >= 11 is 0. The Morgan fingerprint density at radius 2 is 1.30 bits per heavy atom. The van der Waals surface area contributed by atoms with Gasteiger partial charge in [-0.1, -0.05) is 61.5 Å². The van der Waals surface area contributed by atoms with E-state index in [2.05, 4.69) is 71.5 Å². The zero-order valence-corrected chi connectivity index (χ0v) is 28.1. The quantitative estimate of drug-likeness (QED) is 0.167. The van der Waals surface area contributed by atoms with Gasteiger partial charge in [-0.3, -0.25) is 0 Å². The number of furan rings is 2. The molecule has 0 aliphatic heterocycles. The number of pyridine rings is 2. The maximum absolute atomic E-state index is 6.36. The van der Waals surface area contributed by atoms with Gasteiger partial charge >= 0.3 is 0 Å². The summed E-state index contributed by atoms with van der Waals surface area (Å²) in [6.45, 7) is 4.10. The number of para-hydroxylation sites is 2. The molecule has 47 heavy (non-hydrogen) atoms. The number of nitrogens with zero attached hydrogens (tertiary/aromatic N) is 2. The molecule has 5 aromatic carbocycles. The minimum atomic E-state index is 0. The maximum atomic E-state index is 6.36. The van der Waals surface area contributed by atoms with Crippen LogP contribution in [-0.2, 0) is 20.1 Å². The van der Waals surface area contributed by atoms with Crippen LogP contribution in [0.5, 0.6) is 0 Å². The van der Waals surface area contributed by atoms with Gasteiger partial charge in [0.15, 0.2) is 11.2 Å². The van der Waals surface area contributed by atoms with E-state index in [9.17, 15) is 0 Å². The summed E-state index contributed by atoms with van der Waals surface area (Å²) in [5, 5.41) is 4.26. The number of aromatic nitrogens is 2. The molecule has 0 aliphatic carbocycles. The van der Waals surface area contributed by atoms with Crippen molar-refractivity contribution in [2.24, 2.45) is 0 Å². The van der Waals surface area contributed by atoms with Gasteiger partial charge < -0.3 is 18.8 Å². The van der Waals surface area contributed by atoms with Crippen LogP contribution >= 0.6 is 0 Å². The number of hydrogen-bond donors (Lipinski definition) is 0. The predicted molar refractivity (Wildman–Crippen MR) is 186 cm³/mol. The van der Waals surface area contributed by atoms with Gasteiger partial charge in [0.25, 0.3) is 0 Å². The molecule has 0 amide bonds. The first-order chi connectivity index (χ1) is 22.6. The van der Waals surface area contributed by atoms with E-state index in [-0.39, 0.29) is 20.1 Å². The smallest absolute Gasteiger partial charge is 0.179 e. The largest absolute Gasteiger partial charge is 0.452 e. The SMILES string of the molecule is Cc1c[c-]c(-c2ccc(C)cn2)cc1.[Ir].[c-]1ccccc1-c1cc(-c2cc3c4ccccc4oc3c3oc4ccccc4c23)ccn1. The topological polar surface area (TPSA) is 52.1 Å². The van der Waals surface area contributed by atoms with E-state index in [1.807, 2.05) is 98.2 Å². The minimum absolute atomic E-state index is 0. The summed E-state index contributed by atoms with van der Waals surface area (Å²) < 4.78 is 12.6. The van der Waals surface area contributed by atoms with Crippen molar-refractivity contribution >= 4 is 43.9 Å². The molecule has 4 heterocycles. The standard InChI is InChI=1S/C29H16NO2.C13H12N.Ir/c1-2-8-18(9-3-1)24-16-19(14-15-30-24)22-17-23-20-10-4-6-12-25(20)31-28(23)29-27(22)21-11-5-7-13-26(21)32-29;1-10-3-6-12(7-4-10)13-8-5-11(2)9-14-13;/h1-8,10-17H;3-6,8-9H,1-2H3;/q2*-1;. The second-order valence-electron chi connectivity index (χ2n) is 11.4. The Morgan fingerprint density at radius 1 is 0.574 bits per heavy atom. The molecule has 5 heteroatoms. The molecule has 0 saturated carbocycles. The third-order valence-corrected chi connectivity index (χ3v) is 8.21. The Hall–Kier alpha value is -5.35. The van der Waals surface area contributed by atoms with Gasteiger partial charge in [0.05, 0.1) is 0 Å². The summed E-state index contributed by atoms with van der Waals surface area (Å²) in [5.41, 5.74) is 11.7. The molecular weight excluding hydrogens is 757 g/mol. The summed E-state index contributed by atoms with van der Waals surface area (Å²) in [7, 11) is 0. The summed E-state index contributed by atoms with van der Waals surface area (Å²) in [6, 6.07) is 47.3. The summed E-state index contributed by atoms with van der Waals surface area (Å²) in [4.78, 5) is 8.94. The molecule has 0 aliphatic rings. The van der Waals surface area contributed by atoms with Crippen molar-refractivity contribution in [3.05, 3.63) is 157 Å². The average Bonchev–Trinajstić information content (AvgIpc) is 3.69. The molecule has 0 unspecified atom stereocenters. The van der Waals surface area contributed by atoms with E-state index in [1.165, 1.54) is 11.1 Å². The fourth-order valence-electron chi connectivity index (χ4n) is 5.88. The summed E-state index contributed by atoms with van der Waals surface area (Å²) in [6.07, 6.45) is 3.74. The van der Waals surface area contributed by atoms with Gasteiger partial charge in [0.2, 0.25) is 0 Å². The number of benzene rings is 5. The fourth-order valence-corrected chi connectivity index (χ4v) is 5.88. The molecule has 0 bridgehead atoms. The Bertz CT molecular complexity index is 2440. The van der Waals surface area contributed by atoms with E-state index in [0.29, 0.717) is 0 Å². The molecule has 0 N–H and O–H groups in total. The van der Waals surface area contributed by atoms with Crippen LogP contribution in [0.1, 0.15) is 11.1 Å². The van der Waals surface area contributed by atoms with Crippen LogP contribution in [0.3, 0.4) is 0 Å². The van der Waals surface area contributed by atoms with Crippen LogP contribution in [0, 0.1) is 26.0 Å². The number of hydrogen-bond acceptors (Lipinski definition) is 4. The van der Waals surface area contributed by atoms with Crippen LogP contribution in [0.2, 0.25) is 0 Å². The van der Waals surface area contributed by atoms with Crippen LogP contribution < -0.4 is 0 Å². The van der Waals surface area contributed by atoms with Crippen LogP contribution in [0.4, 0.5) is 0 Å². The number of rotatable bonds is 3. The first-order valence-electron chi connectivity index (χ1n) is 15.2. The number of fused-ring (bicyclic) bond motifs is 7. The van der Waals surface area contributed by atoms with Crippen molar-refractivity contribution in [1.82, 2.24) is 9.97 Å². The third-order valence-electron chi connectivity index (χ3n) is 8.21. The van der Waals surface area contributed by atoms with E-state index in [1.54, 1.807) is 0 Å². The zero-order chi connectivity index (χ0) is 31.0. The molecule has 0 spiro atoms. The van der Waals surface area contributed by atoms with Crippen molar-refractivity contribution in [2.45, 2.75) is 13.8 Å². The maximum Gasteiger partial charge on any atom is 0.179 e. The van der Waals surface area contributed by atoms with Crippen molar-refractivity contribution in [3.8, 4) is 33.6 Å². The van der Waals surface area contributed by atoms with Gasteiger partial charge in [-0.2, -0.15) is 0 Å². The number of aryl methyl sites for hydroxylation is 2. The van der Waals surface area contributed by atoms with E-state index >= 15 is 0 Å². The Kier molecular flexibility index (Phi) is 8.26. The van der Waals surface area contributed by atoms with Crippen LogP contribution in [-0.4, -0.2) is 9.97 Å². The second kappa shape index (κ2) is 12.8. The second-order valence-corrected chi connectivity index (χ2v) is 11.4. The minimum Gasteiger partial charge on any atom is -0.452 e. The van der Waals surface area contributed by atoms with E-state index < -0.39 is 0 Å². The fraction of sp³-hybridized carbons (Fsp3) is 0.0476. The normalized spacial score (nSPS) is 11.0. The molecule has 4 aromatic heterocycles. The first-order valence-corrected chi connectivity index (χ1v) is 15.2. The molecule has 9 aromatic rings. The summed E-state index contributed by atoms with van der Waals surface area (Å²) in [5.74, 6) is 0. The molecule has 0 atom stereocenters. The van der Waals surface area contributed by atoms with Gasteiger partial charge in [0, 0.05) is 54.0 Å². The van der Waals surface area contributed by atoms with Gasteiger partial charge in [0.1, 0.15) is 11.2 Å². The first kappa shape index (κ1) is 30.3. The zero-order valence-electron chi connectivity index (χ0n) is 25.7. The molecule has 9 rings (SSSR count). The third kappa shape index (κ3) is 5.76. The molecule has 4 nitrogen and oxygen atoms in total. The van der Waals surface area contributed by atoms with Crippen LogP contribution in [0.25, 0.3) is 77.5 Å². The van der Waals surface area contributed by atoms with Gasteiger partial charge in [-0.15, -0.1) is 71.3 Å². The predicted octanol–water partition coefficient (Wildman–Crippen LogP) is 11.2. The Morgan fingerprint density at radius 3 is 2.04 bits per heavy atom. The van der Waals surface area contributed by atoms with E-state index in [0.717, 1.165) is 77.5 Å². The average molecular weight is 785 g/mol. The molecule has 229 valence electrons. The van der Waals surface area contributed by atoms with E-state index in [4.69, 9.17) is 8.83 Å². The van der Waals surface area contributed by atoms with Crippen molar-refractivity contribution in [2.75, 3.05) is 0 Å². The van der Waals surface area contributed by atoms with Crippen molar-refractivity contribution < 1.29 is 28.9 Å². The van der Waals surface area contributed by atoms with Gasteiger partial charge in [-0.05, 0) is 59.3 Å². The molecule has 1 radical (unpaired) electrons. The van der Waals surface area contributed by atoms with Crippen molar-refractivity contribution in [3.63, 3.8) is 0 Å². The molecular formula is C42H28IrN2O2-2. The Labute approximate surface area is 286 Å². The van der Waals surface area contributed by atoms with Gasteiger partial charge in [-0.25, -0.2) is 0 Å². The van der Waals surface area contributed by atoms with Crippen LogP contribution in [0.15, 0.2) is 143 Å². The van der Waals surface area contributed by atoms with Crippen molar-refractivity contribution in [1.29, 1.82) is 0 Å². The molecule has 0 saturated heterocycles. The Balaban J connectivity index is 0.000000198. The monoisotopic (exact) mass is 785 g/mol. The molecule has 0 fully saturated rings.